The molecule has 142 valence electrons. The third kappa shape index (κ3) is 2.67. The Hall–Kier alpha value is -3.48. The Kier molecular flexibility index (Phi) is 4.03. The molecular weight excluding hydrogens is 361 g/mol. The van der Waals surface area contributed by atoms with Crippen LogP contribution in [0.3, 0.4) is 0 Å². The van der Waals surface area contributed by atoms with Crippen LogP contribution in [0, 0.1) is 26.6 Å². The van der Waals surface area contributed by atoms with Crippen molar-refractivity contribution in [2.45, 2.75) is 20.8 Å². The van der Waals surface area contributed by atoms with Gasteiger partial charge in [0.1, 0.15) is 5.69 Å². The van der Waals surface area contributed by atoms with Crippen LogP contribution in [-0.4, -0.2) is 14.3 Å². The largest absolute Gasteiger partial charge is 0.356 e. The smallest absolute Gasteiger partial charge is 0.335 e. The van der Waals surface area contributed by atoms with Crippen molar-refractivity contribution in [3.05, 3.63) is 79.9 Å². The van der Waals surface area contributed by atoms with Crippen molar-refractivity contribution in [2.75, 3.05) is 0 Å². The van der Waals surface area contributed by atoms with Gasteiger partial charge < -0.3 is 9.09 Å². The number of fused-ring (bicyclic) bond motifs is 1. The molecule has 0 aliphatic carbocycles. The van der Waals surface area contributed by atoms with Crippen LogP contribution >= 0.6 is 0 Å². The number of hydrogen-bond acceptors (Lipinski definition) is 4. The molecule has 0 unspecified atom stereocenters. The van der Waals surface area contributed by atoms with Crippen molar-refractivity contribution in [2.24, 2.45) is 7.05 Å². The maximum Gasteiger partial charge on any atom is 0.335 e. The van der Waals surface area contributed by atoms with Gasteiger partial charge in [-0.1, -0.05) is 22.9 Å². The normalized spacial score (nSPS) is 11.3. The Balaban J connectivity index is 2.05. The summed E-state index contributed by atoms with van der Waals surface area (Å²) in [5.41, 5.74) is 2.81. The van der Waals surface area contributed by atoms with Crippen molar-refractivity contribution in [1.29, 1.82) is 0 Å². The van der Waals surface area contributed by atoms with Gasteiger partial charge in [0.05, 0.1) is 11.1 Å². The molecule has 2 aromatic heterocycles. The fourth-order valence-corrected chi connectivity index (χ4v) is 3.26. The highest BCUT2D eigenvalue weighted by Gasteiger charge is 2.19. The number of rotatable bonds is 2. The van der Waals surface area contributed by atoms with E-state index >= 15 is 0 Å². The highest BCUT2D eigenvalue weighted by atomic mass is 19.1. The second-order valence-corrected chi connectivity index (χ2v) is 6.95. The second kappa shape index (κ2) is 6.30. The van der Waals surface area contributed by atoms with E-state index in [1.165, 1.54) is 23.7 Å². The summed E-state index contributed by atoms with van der Waals surface area (Å²) in [5.74, 6) is -0.737. The lowest BCUT2D eigenvalue weighted by molar-refractivity contribution is 0.457. The molecule has 0 fully saturated rings. The number of halogens is 1. The lowest BCUT2D eigenvalue weighted by atomic mass is 10.0. The van der Waals surface area contributed by atoms with Gasteiger partial charge in [-0.2, -0.15) is 0 Å². The van der Waals surface area contributed by atoms with Gasteiger partial charge in [-0.15, -0.1) is 0 Å². The van der Waals surface area contributed by atoms with Crippen LogP contribution in [0.4, 0.5) is 4.39 Å². The number of hydrogen-bond donors (Lipinski definition) is 0. The van der Waals surface area contributed by atoms with Crippen LogP contribution in [0.25, 0.3) is 27.9 Å². The van der Waals surface area contributed by atoms with Crippen LogP contribution in [0.1, 0.15) is 16.8 Å². The molecule has 0 saturated heterocycles. The quantitative estimate of drug-likeness (QED) is 0.535. The number of nitrogens with zero attached hydrogens (tertiary/aromatic N) is 3. The van der Waals surface area contributed by atoms with Crippen LogP contribution in [0.2, 0.25) is 0 Å². The number of benzene rings is 2. The average Bonchev–Trinajstić information content (AvgIpc) is 3.04. The lowest BCUT2D eigenvalue weighted by Gasteiger charge is -2.10. The monoisotopic (exact) mass is 379 g/mol. The minimum Gasteiger partial charge on any atom is -0.356 e. The average molecular weight is 379 g/mol. The Morgan fingerprint density at radius 2 is 1.79 bits per heavy atom. The van der Waals surface area contributed by atoms with Gasteiger partial charge >= 0.3 is 5.69 Å². The van der Waals surface area contributed by atoms with Gasteiger partial charge in [-0.05, 0) is 38.5 Å². The molecular formula is C21H18FN3O3. The van der Waals surface area contributed by atoms with E-state index in [0.717, 1.165) is 27.3 Å². The van der Waals surface area contributed by atoms with Gasteiger partial charge in [-0.25, -0.2) is 13.8 Å². The molecule has 28 heavy (non-hydrogen) atoms. The highest BCUT2D eigenvalue weighted by molar-refractivity contribution is 5.93. The van der Waals surface area contributed by atoms with Gasteiger partial charge in [0.25, 0.3) is 5.56 Å². The first-order valence-corrected chi connectivity index (χ1v) is 8.74. The summed E-state index contributed by atoms with van der Waals surface area (Å²) in [6, 6.07) is 9.81. The molecule has 0 atom stereocenters. The first-order valence-electron chi connectivity index (χ1n) is 8.74. The maximum atomic E-state index is 14.8. The van der Waals surface area contributed by atoms with Gasteiger partial charge in [-0.3, -0.25) is 4.79 Å². The third-order valence-electron chi connectivity index (χ3n) is 4.99. The summed E-state index contributed by atoms with van der Waals surface area (Å²) in [6.45, 7) is 5.55. The van der Waals surface area contributed by atoms with Gasteiger partial charge in [0.15, 0.2) is 11.4 Å². The third-order valence-corrected chi connectivity index (χ3v) is 4.99. The molecule has 0 aliphatic rings. The molecule has 0 N–H and O–H groups in total. The molecule has 0 radical (unpaired) electrons. The van der Waals surface area contributed by atoms with Crippen LogP contribution in [0.15, 0.2) is 50.5 Å². The Morgan fingerprint density at radius 3 is 2.54 bits per heavy atom. The van der Waals surface area contributed by atoms with E-state index in [4.69, 9.17) is 4.52 Å². The summed E-state index contributed by atoms with van der Waals surface area (Å²) in [6.07, 6.45) is 0. The minimum absolute atomic E-state index is 0.132. The van der Waals surface area contributed by atoms with E-state index in [9.17, 15) is 14.0 Å². The standard InChI is InChI=1S/C21H18FN3O3/c1-11-5-6-12(2)14(7-11)20-15-9-17(16(22)10-18(15)28-23-20)25-19(26)8-13(3)24(4)21(25)27/h5-10H,1-4H3. The fraction of sp³-hybridized carbons (Fsp3) is 0.190. The molecule has 6 nitrogen and oxygen atoms in total. The van der Waals surface area contributed by atoms with Crippen LogP contribution in [0.5, 0.6) is 0 Å². The Labute approximate surface area is 159 Å². The van der Waals surface area contributed by atoms with Crippen molar-refractivity contribution in [3.63, 3.8) is 0 Å². The zero-order chi connectivity index (χ0) is 20.2. The topological polar surface area (TPSA) is 70.0 Å². The van der Waals surface area contributed by atoms with Crippen molar-refractivity contribution < 1.29 is 8.91 Å². The zero-order valence-electron chi connectivity index (χ0n) is 15.9. The zero-order valence-corrected chi connectivity index (χ0v) is 15.9. The van der Waals surface area contributed by atoms with E-state index in [1.54, 1.807) is 6.92 Å². The summed E-state index contributed by atoms with van der Waals surface area (Å²) in [5, 5.41) is 4.63. The molecule has 2 heterocycles. The first kappa shape index (κ1) is 17.9. The molecule has 0 spiro atoms. The van der Waals surface area contributed by atoms with Crippen molar-refractivity contribution >= 4 is 11.0 Å². The molecule has 4 aromatic rings. The molecule has 0 bridgehead atoms. The summed E-state index contributed by atoms with van der Waals surface area (Å²) in [4.78, 5) is 25.0. The summed E-state index contributed by atoms with van der Waals surface area (Å²) >= 11 is 0. The molecule has 7 heteroatoms. The van der Waals surface area contributed by atoms with E-state index in [1.807, 2.05) is 32.0 Å². The fourth-order valence-electron chi connectivity index (χ4n) is 3.26. The molecule has 0 amide bonds. The highest BCUT2D eigenvalue weighted by Crippen LogP contribution is 2.32. The van der Waals surface area contributed by atoms with Crippen molar-refractivity contribution in [1.82, 2.24) is 14.3 Å². The lowest BCUT2D eigenvalue weighted by Crippen LogP contribution is -2.38. The summed E-state index contributed by atoms with van der Waals surface area (Å²) < 4.78 is 22.2. The number of aromatic nitrogens is 3. The van der Waals surface area contributed by atoms with E-state index in [-0.39, 0.29) is 11.3 Å². The van der Waals surface area contributed by atoms with Crippen LogP contribution in [-0.2, 0) is 7.05 Å². The Bertz CT molecular complexity index is 1360. The van der Waals surface area contributed by atoms with Crippen LogP contribution < -0.4 is 11.2 Å². The summed E-state index contributed by atoms with van der Waals surface area (Å²) in [7, 11) is 1.53. The van der Waals surface area contributed by atoms with E-state index < -0.39 is 17.1 Å². The van der Waals surface area contributed by atoms with Crippen molar-refractivity contribution in [3.8, 4) is 16.9 Å². The predicted octanol–water partition coefficient (Wildman–Crippen LogP) is 3.41. The van der Waals surface area contributed by atoms with E-state index in [2.05, 4.69) is 5.16 Å². The SMILES string of the molecule is Cc1ccc(C)c(-c2noc3cc(F)c(-n4c(=O)cc(C)n(C)c4=O)cc23)c1. The maximum absolute atomic E-state index is 14.8. The predicted molar refractivity (Wildman–Crippen MR) is 104 cm³/mol. The molecule has 4 rings (SSSR count). The second-order valence-electron chi connectivity index (χ2n) is 6.95. The molecule has 0 aliphatic heterocycles. The Morgan fingerprint density at radius 1 is 1.04 bits per heavy atom. The van der Waals surface area contributed by atoms with Gasteiger partial charge in [0.2, 0.25) is 0 Å². The van der Waals surface area contributed by atoms with E-state index in [0.29, 0.717) is 16.8 Å². The minimum atomic E-state index is -0.737. The first-order chi connectivity index (χ1) is 13.3. The molecule has 2 aromatic carbocycles. The van der Waals surface area contributed by atoms with Gasteiger partial charge in [0, 0.05) is 30.4 Å². The number of aryl methyl sites for hydroxylation is 3. The molecule has 0 saturated carbocycles.